The average Bonchev–Trinajstić information content (AvgIpc) is 3.23. The minimum atomic E-state index is -0.0602. The summed E-state index contributed by atoms with van der Waals surface area (Å²) in [5, 5.41) is 6.56. The maximum Gasteiger partial charge on any atom is 0.241 e. The highest BCUT2D eigenvalue weighted by molar-refractivity contribution is 5.95. The van der Waals surface area contributed by atoms with Gasteiger partial charge in [0.05, 0.1) is 6.04 Å². The summed E-state index contributed by atoms with van der Waals surface area (Å²) in [7, 11) is 0. The third-order valence-electron chi connectivity index (χ3n) is 5.95. The van der Waals surface area contributed by atoms with Crippen molar-refractivity contribution in [3.8, 4) is 0 Å². The molecule has 3 atom stereocenters. The van der Waals surface area contributed by atoms with Gasteiger partial charge in [-0.25, -0.2) is 0 Å². The van der Waals surface area contributed by atoms with Crippen LogP contribution >= 0.6 is 12.4 Å². The molecule has 2 N–H and O–H groups in total. The number of nitrogens with zero attached hydrogens (tertiary/aromatic N) is 1. The number of fused-ring (bicyclic) bond motifs is 1. The topological polar surface area (TPSA) is 61.4 Å². The number of amides is 2. The first kappa shape index (κ1) is 19.2. The molecule has 0 aromatic heterocycles. The van der Waals surface area contributed by atoms with Crippen molar-refractivity contribution in [1.82, 2.24) is 10.2 Å². The van der Waals surface area contributed by atoms with Gasteiger partial charge in [-0.3, -0.25) is 9.59 Å². The second-order valence-corrected chi connectivity index (χ2v) is 7.71. The number of carbonyl (C=O) groups is 2. The Hall–Kier alpha value is -1.59. The number of hydrogen-bond acceptors (Lipinski definition) is 3. The van der Waals surface area contributed by atoms with E-state index in [9.17, 15) is 9.59 Å². The molecule has 1 aromatic rings. The molecule has 3 unspecified atom stereocenters. The van der Waals surface area contributed by atoms with E-state index >= 15 is 0 Å². The predicted octanol–water partition coefficient (Wildman–Crippen LogP) is 3.09. The summed E-state index contributed by atoms with van der Waals surface area (Å²) in [5.41, 5.74) is 1.94. The molecule has 1 saturated carbocycles. The SMILES string of the molecule is Cl.O=C(Nc1ccc(CN2CCCC2=O)cc1)C1CC2CCCCC2N1. The summed E-state index contributed by atoms with van der Waals surface area (Å²) in [5.74, 6) is 0.993. The lowest BCUT2D eigenvalue weighted by Crippen LogP contribution is -2.39. The van der Waals surface area contributed by atoms with Gasteiger partial charge in [0.2, 0.25) is 11.8 Å². The van der Waals surface area contributed by atoms with E-state index in [1.807, 2.05) is 29.2 Å². The fraction of sp³-hybridized carbons (Fsp3) is 0.600. The third kappa shape index (κ3) is 4.21. The molecule has 142 valence electrons. The fourth-order valence-corrected chi connectivity index (χ4v) is 4.54. The molecular weight excluding hydrogens is 350 g/mol. The summed E-state index contributed by atoms with van der Waals surface area (Å²) >= 11 is 0. The van der Waals surface area contributed by atoms with Gasteiger partial charge in [-0.15, -0.1) is 12.4 Å². The first-order valence-corrected chi connectivity index (χ1v) is 9.63. The Morgan fingerprint density at radius 2 is 1.92 bits per heavy atom. The van der Waals surface area contributed by atoms with Crippen LogP contribution in [0.25, 0.3) is 0 Å². The predicted molar refractivity (Wildman–Crippen MR) is 104 cm³/mol. The molecule has 2 amide bonds. The van der Waals surface area contributed by atoms with Crippen LogP contribution < -0.4 is 10.6 Å². The number of benzene rings is 1. The Morgan fingerprint density at radius 3 is 2.62 bits per heavy atom. The van der Waals surface area contributed by atoms with Crippen molar-refractivity contribution < 1.29 is 9.59 Å². The largest absolute Gasteiger partial charge is 0.338 e. The third-order valence-corrected chi connectivity index (χ3v) is 5.95. The highest BCUT2D eigenvalue weighted by atomic mass is 35.5. The smallest absolute Gasteiger partial charge is 0.241 e. The molecule has 2 aliphatic heterocycles. The maximum absolute atomic E-state index is 12.5. The fourth-order valence-electron chi connectivity index (χ4n) is 4.54. The van der Waals surface area contributed by atoms with Crippen molar-refractivity contribution in [2.45, 2.75) is 63.6 Å². The first-order valence-electron chi connectivity index (χ1n) is 9.63. The van der Waals surface area contributed by atoms with Gasteiger partial charge in [-0.05, 0) is 49.3 Å². The number of carbonyl (C=O) groups excluding carboxylic acids is 2. The van der Waals surface area contributed by atoms with E-state index < -0.39 is 0 Å². The van der Waals surface area contributed by atoms with E-state index in [-0.39, 0.29) is 30.3 Å². The minimum Gasteiger partial charge on any atom is -0.338 e. The Labute approximate surface area is 161 Å². The van der Waals surface area contributed by atoms with Crippen molar-refractivity contribution in [1.29, 1.82) is 0 Å². The lowest BCUT2D eigenvalue weighted by Gasteiger charge is -2.24. The lowest BCUT2D eigenvalue weighted by atomic mass is 9.85. The van der Waals surface area contributed by atoms with Crippen molar-refractivity contribution in [2.24, 2.45) is 5.92 Å². The zero-order valence-corrected chi connectivity index (χ0v) is 15.9. The van der Waals surface area contributed by atoms with Crippen LogP contribution in [0.2, 0.25) is 0 Å². The van der Waals surface area contributed by atoms with Gasteiger partial charge < -0.3 is 15.5 Å². The van der Waals surface area contributed by atoms with Gasteiger partial charge in [-0.2, -0.15) is 0 Å². The molecule has 2 heterocycles. The molecule has 6 heteroatoms. The van der Waals surface area contributed by atoms with Crippen molar-refractivity contribution in [3.63, 3.8) is 0 Å². The van der Waals surface area contributed by atoms with Crippen LogP contribution in [0, 0.1) is 5.92 Å². The maximum atomic E-state index is 12.5. The summed E-state index contributed by atoms with van der Waals surface area (Å²) in [6, 6.07) is 8.36. The quantitative estimate of drug-likeness (QED) is 0.847. The number of nitrogens with one attached hydrogen (secondary N) is 2. The number of likely N-dealkylation sites (tertiary alicyclic amines) is 1. The van der Waals surface area contributed by atoms with Gasteiger partial charge in [0, 0.05) is 31.2 Å². The van der Waals surface area contributed by atoms with E-state index in [1.54, 1.807) is 0 Å². The van der Waals surface area contributed by atoms with E-state index in [0.29, 0.717) is 24.9 Å². The van der Waals surface area contributed by atoms with E-state index in [4.69, 9.17) is 0 Å². The van der Waals surface area contributed by atoms with Crippen LogP contribution in [-0.2, 0) is 16.1 Å². The summed E-state index contributed by atoms with van der Waals surface area (Å²) in [4.78, 5) is 26.1. The average molecular weight is 378 g/mol. The molecule has 3 aliphatic rings. The van der Waals surface area contributed by atoms with Crippen LogP contribution in [0.3, 0.4) is 0 Å². The Morgan fingerprint density at radius 1 is 1.15 bits per heavy atom. The number of halogens is 1. The Balaban J connectivity index is 0.00000196. The molecule has 0 bridgehead atoms. The molecule has 2 saturated heterocycles. The molecule has 0 spiro atoms. The van der Waals surface area contributed by atoms with Crippen molar-refractivity contribution in [2.75, 3.05) is 11.9 Å². The van der Waals surface area contributed by atoms with Gasteiger partial charge >= 0.3 is 0 Å². The van der Waals surface area contributed by atoms with E-state index in [1.165, 1.54) is 25.7 Å². The molecule has 5 nitrogen and oxygen atoms in total. The van der Waals surface area contributed by atoms with Crippen molar-refractivity contribution >= 4 is 29.9 Å². The second kappa shape index (κ2) is 8.40. The Bertz CT molecular complexity index is 635. The van der Waals surface area contributed by atoms with Crippen LogP contribution in [0.5, 0.6) is 0 Å². The normalized spacial score (nSPS) is 27.8. The van der Waals surface area contributed by atoms with E-state index in [2.05, 4.69) is 10.6 Å². The zero-order chi connectivity index (χ0) is 17.2. The summed E-state index contributed by atoms with van der Waals surface area (Å²) < 4.78 is 0. The highest BCUT2D eigenvalue weighted by Gasteiger charge is 2.38. The Kier molecular flexibility index (Phi) is 6.20. The molecule has 4 rings (SSSR count). The number of hydrogen-bond donors (Lipinski definition) is 2. The lowest BCUT2D eigenvalue weighted by molar-refractivity contribution is -0.128. The molecular formula is C20H28ClN3O2. The van der Waals surface area contributed by atoms with Crippen LogP contribution in [0.4, 0.5) is 5.69 Å². The molecule has 1 aliphatic carbocycles. The van der Waals surface area contributed by atoms with Gasteiger partial charge in [0.15, 0.2) is 0 Å². The van der Waals surface area contributed by atoms with Gasteiger partial charge in [-0.1, -0.05) is 25.0 Å². The van der Waals surface area contributed by atoms with Crippen LogP contribution in [0.15, 0.2) is 24.3 Å². The summed E-state index contributed by atoms with van der Waals surface area (Å²) in [6.45, 7) is 1.52. The minimum absolute atomic E-state index is 0. The number of anilines is 1. The molecule has 3 fully saturated rings. The molecule has 0 radical (unpaired) electrons. The second-order valence-electron chi connectivity index (χ2n) is 7.71. The molecule has 26 heavy (non-hydrogen) atoms. The van der Waals surface area contributed by atoms with Crippen LogP contribution in [-0.4, -0.2) is 35.3 Å². The molecule has 1 aromatic carbocycles. The highest BCUT2D eigenvalue weighted by Crippen LogP contribution is 2.33. The number of rotatable bonds is 4. The van der Waals surface area contributed by atoms with Crippen LogP contribution in [0.1, 0.15) is 50.5 Å². The van der Waals surface area contributed by atoms with E-state index in [0.717, 1.165) is 30.6 Å². The van der Waals surface area contributed by atoms with Crippen molar-refractivity contribution in [3.05, 3.63) is 29.8 Å². The van der Waals surface area contributed by atoms with Gasteiger partial charge in [0.25, 0.3) is 0 Å². The monoisotopic (exact) mass is 377 g/mol. The first-order chi connectivity index (χ1) is 12.2. The van der Waals surface area contributed by atoms with Gasteiger partial charge in [0.1, 0.15) is 0 Å². The summed E-state index contributed by atoms with van der Waals surface area (Å²) in [6.07, 6.45) is 7.64. The standard InChI is InChI=1S/C20H27N3O2.ClH/c24-19-6-3-11-23(19)13-14-7-9-16(10-8-14)21-20(25)18-12-15-4-1-2-5-17(15)22-18;/h7-10,15,17-18,22H,1-6,11-13H2,(H,21,25);1H. The zero-order valence-electron chi connectivity index (χ0n) is 15.1.